The first-order valence-corrected chi connectivity index (χ1v) is 9.64. The van der Waals surface area contributed by atoms with Gasteiger partial charge in [-0.1, -0.05) is 43.2 Å². The van der Waals surface area contributed by atoms with E-state index in [9.17, 15) is 4.79 Å². The third-order valence-electron chi connectivity index (χ3n) is 4.86. The molecule has 3 atom stereocenters. The maximum atomic E-state index is 11.9. The summed E-state index contributed by atoms with van der Waals surface area (Å²) in [6, 6.07) is 10.7. The Kier molecular flexibility index (Phi) is 20.7. The predicted octanol–water partition coefficient (Wildman–Crippen LogP) is 4.14. The van der Waals surface area contributed by atoms with Crippen LogP contribution in [0, 0.1) is 45.1 Å². The molecule has 2 fully saturated rings. The Morgan fingerprint density at radius 3 is 2.26 bits per heavy atom. The van der Waals surface area contributed by atoms with Gasteiger partial charge in [0.15, 0.2) is 0 Å². The van der Waals surface area contributed by atoms with Gasteiger partial charge >= 0.3 is 39.9 Å². The molecule has 1 aromatic carbocycles. The quantitative estimate of drug-likeness (QED) is 0.283. The normalized spacial score (nSPS) is 22.2. The van der Waals surface area contributed by atoms with E-state index in [0.29, 0.717) is 24.9 Å². The minimum absolute atomic E-state index is 0. The molecule has 0 bridgehead atoms. The molecule has 0 amide bonds. The van der Waals surface area contributed by atoms with E-state index in [0.717, 1.165) is 6.42 Å². The summed E-state index contributed by atoms with van der Waals surface area (Å²) in [4.78, 5) is 11.9. The van der Waals surface area contributed by atoms with Gasteiger partial charge in [0.05, 0.1) is 24.7 Å². The van der Waals surface area contributed by atoms with Crippen LogP contribution in [0.25, 0.3) is 0 Å². The fourth-order valence-electron chi connectivity index (χ4n) is 3.68. The second-order valence-electron chi connectivity index (χ2n) is 6.52. The summed E-state index contributed by atoms with van der Waals surface area (Å²) in [5.41, 5.74) is 1.36. The molecule has 0 spiro atoms. The summed E-state index contributed by atoms with van der Waals surface area (Å²) in [6.07, 6.45) is 11.3. The molecule has 2 aliphatic carbocycles. The predicted molar refractivity (Wildman–Crippen MR) is 105 cm³/mol. The summed E-state index contributed by atoms with van der Waals surface area (Å²) < 4.78 is 34.0. The van der Waals surface area contributed by atoms with Crippen molar-refractivity contribution in [1.82, 2.24) is 0 Å². The largest absolute Gasteiger partial charge is 0 e. The van der Waals surface area contributed by atoms with Gasteiger partial charge in [-0.2, -0.15) is 0 Å². The molecular formula is C24H26FeO6. The smallest absolute Gasteiger partial charge is 0 e. The number of esters is 1. The van der Waals surface area contributed by atoms with Gasteiger partial charge in [0.1, 0.15) is 0 Å². The molecule has 3 rings (SSSR count). The molecule has 2 saturated carbocycles. The summed E-state index contributed by atoms with van der Waals surface area (Å²) in [5, 5.41) is 0. The topological polar surface area (TPSA) is 95.2 Å². The molecule has 0 heterocycles. The van der Waals surface area contributed by atoms with Crippen molar-refractivity contribution in [3.05, 3.63) is 81.0 Å². The van der Waals surface area contributed by atoms with Crippen molar-refractivity contribution in [1.29, 1.82) is 0 Å². The van der Waals surface area contributed by atoms with Gasteiger partial charge in [0, 0.05) is 23.0 Å². The standard InChI is InChI=1S/C21H26O3.3CO.Fe/c1-2-23-21(22)17-11-8-12-18(15-17)24-20-14-7-6-13-19(20)16-9-4-3-5-10-16;3*1-2;/h3-5,8-12,18-20H,2,6-7,13-15H2,1H3;;;;/t18-,19+,20-;;;;/m1..../s1. The summed E-state index contributed by atoms with van der Waals surface area (Å²) in [5.74, 6) is 0.931. The number of hydrogen-bond donors (Lipinski definition) is 0. The average Bonchev–Trinajstić information content (AvgIpc) is 2.84. The van der Waals surface area contributed by atoms with E-state index in [4.69, 9.17) is 23.4 Å². The molecule has 0 aromatic heterocycles. The van der Waals surface area contributed by atoms with Crippen LogP contribution < -0.4 is 0 Å². The van der Waals surface area contributed by atoms with E-state index in [1.54, 1.807) is 0 Å². The third kappa shape index (κ3) is 11.0. The van der Waals surface area contributed by atoms with Crippen molar-refractivity contribution in [2.24, 2.45) is 0 Å². The molecule has 7 heteroatoms. The first-order chi connectivity index (χ1) is 14.8. The SMILES string of the molecule is CCOC(=O)[C]1[CH][CH][CH][C@@H](O[C@@H]2CCCC[C@H]2c2ccccc2)C1.[C-]#[O+].[C-]#[O+].[C-]#[O+].[Fe]. The van der Waals surface area contributed by atoms with E-state index < -0.39 is 0 Å². The van der Waals surface area contributed by atoms with Crippen LogP contribution in [0.1, 0.15) is 50.5 Å². The zero-order chi connectivity index (χ0) is 22.8. The van der Waals surface area contributed by atoms with Crippen LogP contribution in [-0.2, 0) is 45.3 Å². The fourth-order valence-corrected chi connectivity index (χ4v) is 3.68. The third-order valence-corrected chi connectivity index (χ3v) is 4.86. The summed E-state index contributed by atoms with van der Waals surface area (Å²) in [7, 11) is 0. The Hall–Kier alpha value is -1.61. The number of carbonyl (C=O) groups excluding carboxylic acids is 1. The fraction of sp³-hybridized carbons (Fsp3) is 0.417. The van der Waals surface area contributed by atoms with Crippen LogP contribution in [0.3, 0.4) is 0 Å². The van der Waals surface area contributed by atoms with Crippen LogP contribution in [-0.4, -0.2) is 24.8 Å². The first-order valence-electron chi connectivity index (χ1n) is 9.64. The molecule has 0 unspecified atom stereocenters. The number of ether oxygens (including phenoxy) is 2. The Morgan fingerprint density at radius 2 is 1.65 bits per heavy atom. The van der Waals surface area contributed by atoms with Gasteiger partial charge in [0.25, 0.3) is 0 Å². The maximum absolute atomic E-state index is 11.9. The van der Waals surface area contributed by atoms with Crippen LogP contribution in [0.2, 0.25) is 0 Å². The van der Waals surface area contributed by atoms with Gasteiger partial charge < -0.3 is 9.47 Å². The van der Waals surface area contributed by atoms with Gasteiger partial charge in [-0.25, -0.2) is 0 Å². The number of benzene rings is 1. The van der Waals surface area contributed by atoms with Gasteiger partial charge in [-0.05, 0) is 51.0 Å². The maximum Gasteiger partial charge on any atom is 0 e. The first kappa shape index (κ1) is 31.6. The molecule has 4 radical (unpaired) electrons. The molecule has 0 saturated heterocycles. The van der Waals surface area contributed by atoms with Crippen molar-refractivity contribution >= 4 is 5.97 Å². The Bertz CT molecular complexity index is 628. The number of hydrogen-bond acceptors (Lipinski definition) is 3. The molecule has 1 aromatic rings. The van der Waals surface area contributed by atoms with Crippen LogP contribution in [0.5, 0.6) is 0 Å². The summed E-state index contributed by atoms with van der Waals surface area (Å²) in [6.45, 7) is 15.7. The van der Waals surface area contributed by atoms with Gasteiger partial charge in [0.2, 0.25) is 0 Å². The summed E-state index contributed by atoms with van der Waals surface area (Å²) >= 11 is 0. The second kappa shape index (κ2) is 20.3. The van der Waals surface area contributed by atoms with Crippen LogP contribution >= 0.6 is 0 Å². The second-order valence-corrected chi connectivity index (χ2v) is 6.52. The van der Waals surface area contributed by atoms with Gasteiger partial charge in [-0.15, -0.1) is 0 Å². The van der Waals surface area contributed by atoms with Crippen molar-refractivity contribution in [2.75, 3.05) is 6.61 Å². The molecule has 2 aliphatic rings. The van der Waals surface area contributed by atoms with Crippen LogP contribution in [0.4, 0.5) is 0 Å². The minimum atomic E-state index is -0.223. The zero-order valence-electron chi connectivity index (χ0n) is 17.4. The van der Waals surface area contributed by atoms with E-state index in [1.807, 2.05) is 19.8 Å². The number of rotatable bonds is 5. The Labute approximate surface area is 196 Å². The van der Waals surface area contributed by atoms with Crippen LogP contribution in [0.15, 0.2) is 30.3 Å². The van der Waals surface area contributed by atoms with E-state index in [1.165, 1.54) is 24.8 Å². The molecule has 0 N–H and O–H groups in total. The minimum Gasteiger partial charge on any atom is 0 e. The van der Waals surface area contributed by atoms with Gasteiger partial charge in [-0.3, -0.25) is 4.79 Å². The van der Waals surface area contributed by atoms with Crippen molar-refractivity contribution in [3.8, 4) is 0 Å². The molecule has 6 nitrogen and oxygen atoms in total. The molecule has 0 aliphatic heterocycles. The van der Waals surface area contributed by atoms with E-state index in [-0.39, 0.29) is 35.2 Å². The van der Waals surface area contributed by atoms with Crippen molar-refractivity contribution < 1.29 is 45.3 Å². The Balaban J connectivity index is 0. The monoisotopic (exact) mass is 466 g/mol. The molecular weight excluding hydrogens is 440 g/mol. The number of carbonyl (C=O) groups is 1. The molecule has 166 valence electrons. The zero-order valence-corrected chi connectivity index (χ0v) is 18.5. The van der Waals surface area contributed by atoms with Crippen molar-refractivity contribution in [3.63, 3.8) is 0 Å². The van der Waals surface area contributed by atoms with E-state index >= 15 is 0 Å². The van der Waals surface area contributed by atoms with Crippen molar-refractivity contribution in [2.45, 2.75) is 57.2 Å². The van der Waals surface area contributed by atoms with E-state index in [2.05, 4.69) is 56.7 Å². The molecule has 31 heavy (non-hydrogen) atoms. The Morgan fingerprint density at radius 1 is 1.03 bits per heavy atom. The average molecular weight is 466 g/mol.